The smallest absolute Gasteiger partial charge is 0.344 e. The van der Waals surface area contributed by atoms with Crippen LogP contribution < -0.4 is 11.1 Å². The molecule has 0 radical (unpaired) electrons. The Morgan fingerprint density at radius 3 is 3.15 bits per heavy atom. The maximum absolute atomic E-state index is 11.8. The summed E-state index contributed by atoms with van der Waals surface area (Å²) in [5.41, 5.74) is 6.07. The molecule has 1 aliphatic heterocycles. The molecule has 6 nitrogen and oxygen atoms in total. The molecular weight excluding hydrogens is 278 g/mol. The Morgan fingerprint density at radius 1 is 1.60 bits per heavy atom. The molecule has 0 bridgehead atoms. The van der Waals surface area contributed by atoms with Crippen molar-refractivity contribution in [3.05, 3.63) is 5.56 Å². The summed E-state index contributed by atoms with van der Waals surface area (Å²) in [7, 11) is 0. The Hall–Kier alpha value is -1.34. The van der Waals surface area contributed by atoms with Crippen molar-refractivity contribution in [2.45, 2.75) is 38.7 Å². The summed E-state index contributed by atoms with van der Waals surface area (Å²) in [4.78, 5) is 11.8. The first-order valence-electron chi connectivity index (χ1n) is 7.00. The lowest BCUT2D eigenvalue weighted by molar-refractivity contribution is 0.0134. The van der Waals surface area contributed by atoms with Gasteiger partial charge in [-0.05, 0) is 44.1 Å². The van der Waals surface area contributed by atoms with Crippen LogP contribution in [-0.4, -0.2) is 36.2 Å². The number of anilines is 2. The molecule has 1 aromatic rings. The fraction of sp³-hybridized carbons (Fsp3) is 0.692. The number of ether oxygens (including phenoxy) is 2. The molecule has 0 aliphatic carbocycles. The average molecular weight is 299 g/mol. The maximum Gasteiger partial charge on any atom is 0.344 e. The highest BCUT2D eigenvalue weighted by molar-refractivity contribution is 7.11. The van der Waals surface area contributed by atoms with E-state index in [1.165, 1.54) is 18.0 Å². The summed E-state index contributed by atoms with van der Waals surface area (Å²) in [6.45, 7) is 3.68. The molecule has 20 heavy (non-hydrogen) atoms. The SMILES string of the molecule is CCOC(=O)c1c(N)nsc1NCCC1CCCCO1. The van der Waals surface area contributed by atoms with E-state index in [1.54, 1.807) is 6.92 Å². The minimum atomic E-state index is -0.421. The van der Waals surface area contributed by atoms with Crippen molar-refractivity contribution in [3.8, 4) is 0 Å². The van der Waals surface area contributed by atoms with Crippen molar-refractivity contribution in [2.24, 2.45) is 0 Å². The summed E-state index contributed by atoms with van der Waals surface area (Å²) in [6.07, 6.45) is 4.72. The zero-order valence-electron chi connectivity index (χ0n) is 11.7. The Balaban J connectivity index is 1.87. The van der Waals surface area contributed by atoms with Crippen molar-refractivity contribution in [1.82, 2.24) is 4.37 Å². The molecule has 1 atom stereocenters. The molecule has 0 saturated carbocycles. The van der Waals surface area contributed by atoms with Gasteiger partial charge in [0.15, 0.2) is 5.82 Å². The normalized spacial score (nSPS) is 18.8. The average Bonchev–Trinajstić information content (AvgIpc) is 2.81. The number of hydrogen-bond donors (Lipinski definition) is 2. The highest BCUT2D eigenvalue weighted by Crippen LogP contribution is 2.27. The summed E-state index contributed by atoms with van der Waals surface area (Å²) in [6, 6.07) is 0. The second kappa shape index (κ2) is 7.44. The third-order valence-electron chi connectivity index (χ3n) is 3.22. The molecule has 2 heterocycles. The van der Waals surface area contributed by atoms with E-state index in [-0.39, 0.29) is 5.82 Å². The number of hydrogen-bond acceptors (Lipinski definition) is 7. The predicted octanol–water partition coefficient (Wildman–Crippen LogP) is 2.27. The summed E-state index contributed by atoms with van der Waals surface area (Å²) >= 11 is 1.19. The Bertz CT molecular complexity index is 444. The van der Waals surface area contributed by atoms with Gasteiger partial charge in [-0.2, -0.15) is 4.37 Å². The van der Waals surface area contributed by atoms with Crippen LogP contribution in [-0.2, 0) is 9.47 Å². The fourth-order valence-electron chi connectivity index (χ4n) is 2.21. The highest BCUT2D eigenvalue weighted by Gasteiger charge is 2.21. The predicted molar refractivity (Wildman–Crippen MR) is 79.2 cm³/mol. The number of carbonyl (C=O) groups excluding carboxylic acids is 1. The third-order valence-corrected chi connectivity index (χ3v) is 4.04. The zero-order chi connectivity index (χ0) is 14.4. The van der Waals surface area contributed by atoms with Gasteiger partial charge in [0.25, 0.3) is 0 Å². The first kappa shape index (κ1) is 15.1. The van der Waals surface area contributed by atoms with Crippen LogP contribution in [0.25, 0.3) is 0 Å². The standard InChI is InChI=1S/C13H21N3O3S/c1-2-18-13(17)10-11(14)16-20-12(10)15-7-6-9-5-3-4-8-19-9/h9,15H,2-8H2,1H3,(H2,14,16). The third kappa shape index (κ3) is 3.83. The van der Waals surface area contributed by atoms with Gasteiger partial charge in [-0.25, -0.2) is 4.79 Å². The van der Waals surface area contributed by atoms with Crippen molar-refractivity contribution < 1.29 is 14.3 Å². The first-order chi connectivity index (χ1) is 9.72. The van der Waals surface area contributed by atoms with E-state index in [0.29, 0.717) is 23.3 Å². The van der Waals surface area contributed by atoms with Gasteiger partial charge in [0.05, 0.1) is 12.7 Å². The van der Waals surface area contributed by atoms with E-state index in [0.717, 1.165) is 32.4 Å². The van der Waals surface area contributed by atoms with Crippen LogP contribution in [0, 0.1) is 0 Å². The Labute approximate surface area is 122 Å². The van der Waals surface area contributed by atoms with Gasteiger partial charge in [-0.15, -0.1) is 0 Å². The zero-order valence-corrected chi connectivity index (χ0v) is 12.5. The van der Waals surface area contributed by atoms with Crippen LogP contribution in [0.4, 0.5) is 10.8 Å². The van der Waals surface area contributed by atoms with E-state index < -0.39 is 5.97 Å². The fourth-order valence-corrected chi connectivity index (χ4v) is 2.93. The quantitative estimate of drug-likeness (QED) is 0.784. The van der Waals surface area contributed by atoms with Crippen LogP contribution in [0.3, 0.4) is 0 Å². The molecule has 1 saturated heterocycles. The molecule has 1 unspecified atom stereocenters. The van der Waals surface area contributed by atoms with Crippen molar-refractivity contribution in [3.63, 3.8) is 0 Å². The van der Waals surface area contributed by atoms with Gasteiger partial charge in [0.2, 0.25) is 0 Å². The largest absolute Gasteiger partial charge is 0.462 e. The molecule has 0 amide bonds. The van der Waals surface area contributed by atoms with Gasteiger partial charge in [0.1, 0.15) is 10.6 Å². The lowest BCUT2D eigenvalue weighted by Gasteiger charge is -2.22. The van der Waals surface area contributed by atoms with Gasteiger partial charge >= 0.3 is 5.97 Å². The van der Waals surface area contributed by atoms with E-state index in [2.05, 4.69) is 9.69 Å². The lowest BCUT2D eigenvalue weighted by Crippen LogP contribution is -2.22. The van der Waals surface area contributed by atoms with Gasteiger partial charge in [-0.3, -0.25) is 0 Å². The van der Waals surface area contributed by atoms with Crippen LogP contribution in [0.5, 0.6) is 0 Å². The van der Waals surface area contributed by atoms with Crippen LogP contribution in [0.15, 0.2) is 0 Å². The van der Waals surface area contributed by atoms with E-state index in [4.69, 9.17) is 15.2 Å². The van der Waals surface area contributed by atoms with E-state index in [1.807, 2.05) is 0 Å². The van der Waals surface area contributed by atoms with Crippen LogP contribution >= 0.6 is 11.5 Å². The van der Waals surface area contributed by atoms with Crippen molar-refractivity contribution in [1.29, 1.82) is 0 Å². The van der Waals surface area contributed by atoms with Gasteiger partial charge in [-0.1, -0.05) is 0 Å². The number of esters is 1. The molecule has 2 rings (SSSR count). The number of nitrogen functional groups attached to an aromatic ring is 1. The number of nitrogens with two attached hydrogens (primary N) is 1. The minimum absolute atomic E-state index is 0.227. The first-order valence-corrected chi connectivity index (χ1v) is 7.77. The number of nitrogens with zero attached hydrogens (tertiary/aromatic N) is 1. The van der Waals surface area contributed by atoms with E-state index in [9.17, 15) is 4.79 Å². The monoisotopic (exact) mass is 299 g/mol. The molecule has 0 spiro atoms. The molecule has 3 N–H and O–H groups in total. The molecule has 1 aliphatic rings. The second-order valence-corrected chi connectivity index (χ2v) is 5.47. The van der Waals surface area contributed by atoms with E-state index >= 15 is 0 Å². The number of rotatable bonds is 6. The minimum Gasteiger partial charge on any atom is -0.462 e. The summed E-state index contributed by atoms with van der Waals surface area (Å²) in [5, 5.41) is 3.89. The van der Waals surface area contributed by atoms with Crippen LogP contribution in [0.2, 0.25) is 0 Å². The molecule has 1 aromatic heterocycles. The summed E-state index contributed by atoms with van der Waals surface area (Å²) in [5.74, 6) is -0.194. The van der Waals surface area contributed by atoms with Crippen molar-refractivity contribution >= 4 is 28.3 Å². The Morgan fingerprint density at radius 2 is 2.45 bits per heavy atom. The number of aromatic nitrogens is 1. The summed E-state index contributed by atoms with van der Waals surface area (Å²) < 4.78 is 14.7. The molecular formula is C13H21N3O3S. The van der Waals surface area contributed by atoms with Crippen LogP contribution in [0.1, 0.15) is 43.0 Å². The Kier molecular flexibility index (Phi) is 5.60. The topological polar surface area (TPSA) is 86.5 Å². The number of carbonyl (C=O) groups is 1. The van der Waals surface area contributed by atoms with Crippen molar-refractivity contribution in [2.75, 3.05) is 30.8 Å². The lowest BCUT2D eigenvalue weighted by atomic mass is 10.1. The molecule has 0 aromatic carbocycles. The van der Waals surface area contributed by atoms with Gasteiger partial charge in [0, 0.05) is 13.2 Å². The molecule has 112 valence electrons. The van der Waals surface area contributed by atoms with Gasteiger partial charge < -0.3 is 20.5 Å². The highest BCUT2D eigenvalue weighted by atomic mass is 32.1. The maximum atomic E-state index is 11.8. The molecule has 7 heteroatoms. The molecule has 1 fully saturated rings. The second-order valence-electron chi connectivity index (χ2n) is 4.70. The number of nitrogens with one attached hydrogen (secondary N) is 1.